The molecule has 96 valence electrons. The summed E-state index contributed by atoms with van der Waals surface area (Å²) in [5.41, 5.74) is 4.67. The Balaban J connectivity index is 1.88. The van der Waals surface area contributed by atoms with Crippen LogP contribution in [0.5, 0.6) is 0 Å². The molecule has 0 bridgehead atoms. The summed E-state index contributed by atoms with van der Waals surface area (Å²) in [6, 6.07) is 16.9. The number of nitrogens with zero attached hydrogens (tertiary/aromatic N) is 1. The number of aryl methyl sites for hydroxylation is 1. The molecule has 19 heavy (non-hydrogen) atoms. The number of benzene rings is 2. The number of fused-ring (bicyclic) bond motifs is 1. The molecule has 1 aromatic heterocycles. The maximum Gasteiger partial charge on any atom is 0.138 e. The highest BCUT2D eigenvalue weighted by Gasteiger charge is 2.04. The first-order valence-electron chi connectivity index (χ1n) is 6.91. The Morgan fingerprint density at radius 1 is 1.00 bits per heavy atom. The van der Waals surface area contributed by atoms with Crippen LogP contribution in [0.15, 0.2) is 48.5 Å². The van der Waals surface area contributed by atoms with E-state index in [-0.39, 0.29) is 0 Å². The Kier molecular flexibility index (Phi) is 3.32. The van der Waals surface area contributed by atoms with Crippen molar-refractivity contribution >= 4 is 11.0 Å². The fraction of sp³-hybridized carbons (Fsp3) is 0.235. The van der Waals surface area contributed by atoms with E-state index in [1.54, 1.807) is 0 Å². The van der Waals surface area contributed by atoms with E-state index in [9.17, 15) is 0 Å². The molecule has 0 aliphatic heterocycles. The van der Waals surface area contributed by atoms with Gasteiger partial charge in [-0.05, 0) is 30.5 Å². The minimum atomic E-state index is 0.947. The zero-order valence-electron chi connectivity index (χ0n) is 11.2. The highest BCUT2D eigenvalue weighted by atomic mass is 14.9. The van der Waals surface area contributed by atoms with Crippen molar-refractivity contribution in [3.63, 3.8) is 0 Å². The van der Waals surface area contributed by atoms with Gasteiger partial charge < -0.3 is 4.98 Å². The van der Waals surface area contributed by atoms with Gasteiger partial charge in [0.15, 0.2) is 0 Å². The van der Waals surface area contributed by atoms with E-state index in [1.807, 2.05) is 18.2 Å². The molecule has 0 saturated heterocycles. The number of rotatable bonds is 4. The lowest BCUT2D eigenvalue weighted by Crippen LogP contribution is -1.85. The van der Waals surface area contributed by atoms with E-state index in [4.69, 9.17) is 0 Å². The van der Waals surface area contributed by atoms with Crippen molar-refractivity contribution in [2.75, 3.05) is 0 Å². The molecule has 0 unspecified atom stereocenters. The molecule has 2 heteroatoms. The third-order valence-electron chi connectivity index (χ3n) is 3.44. The number of aromatic amines is 1. The molecule has 0 radical (unpaired) electrons. The number of hydrogen-bond donors (Lipinski definition) is 1. The number of nitrogens with one attached hydrogen (secondary N) is 1. The molecule has 1 heterocycles. The summed E-state index contributed by atoms with van der Waals surface area (Å²) in [5.74, 6) is 0.947. The van der Waals surface area contributed by atoms with Crippen LogP contribution in [-0.2, 0) is 6.42 Å². The molecular formula is C17H18N2. The van der Waals surface area contributed by atoms with Gasteiger partial charge in [0.05, 0.1) is 11.0 Å². The van der Waals surface area contributed by atoms with Crippen LogP contribution in [0.1, 0.15) is 25.3 Å². The van der Waals surface area contributed by atoms with Crippen LogP contribution in [-0.4, -0.2) is 9.97 Å². The van der Waals surface area contributed by atoms with Gasteiger partial charge >= 0.3 is 0 Å². The van der Waals surface area contributed by atoms with E-state index in [1.165, 1.54) is 18.4 Å². The number of H-pyrrole nitrogens is 1. The van der Waals surface area contributed by atoms with Crippen LogP contribution in [0.25, 0.3) is 22.4 Å². The monoisotopic (exact) mass is 250 g/mol. The molecule has 1 N–H and O–H groups in total. The zero-order chi connectivity index (χ0) is 13.1. The van der Waals surface area contributed by atoms with Gasteiger partial charge in [-0.25, -0.2) is 4.98 Å². The van der Waals surface area contributed by atoms with Crippen molar-refractivity contribution in [1.82, 2.24) is 9.97 Å². The van der Waals surface area contributed by atoms with Crippen molar-refractivity contribution in [2.24, 2.45) is 0 Å². The van der Waals surface area contributed by atoms with Gasteiger partial charge in [-0.3, -0.25) is 0 Å². The minimum Gasteiger partial charge on any atom is -0.338 e. The highest BCUT2D eigenvalue weighted by molar-refractivity contribution is 5.79. The molecule has 0 fully saturated rings. The van der Waals surface area contributed by atoms with Crippen LogP contribution >= 0.6 is 0 Å². The number of hydrogen-bond acceptors (Lipinski definition) is 1. The lowest BCUT2D eigenvalue weighted by Gasteiger charge is -2.01. The predicted molar refractivity (Wildman–Crippen MR) is 80.1 cm³/mol. The Labute approximate surface area is 113 Å². The third-order valence-corrected chi connectivity index (χ3v) is 3.44. The number of para-hydroxylation sites is 2. The standard InChI is InChI=1S/C17H18N2/c1-2-3-6-13-9-11-14(12-10-13)17-18-15-7-4-5-8-16(15)19-17/h4-5,7-12H,2-3,6H2,1H3,(H,18,19). The van der Waals surface area contributed by atoms with Gasteiger partial charge in [-0.15, -0.1) is 0 Å². The molecule has 2 nitrogen and oxygen atoms in total. The van der Waals surface area contributed by atoms with Crippen molar-refractivity contribution in [3.05, 3.63) is 54.1 Å². The maximum absolute atomic E-state index is 4.62. The fourth-order valence-electron chi connectivity index (χ4n) is 2.30. The highest BCUT2D eigenvalue weighted by Crippen LogP contribution is 2.21. The molecule has 0 amide bonds. The SMILES string of the molecule is CCCCc1ccc(-c2nc3ccccc3[nH]2)cc1. The fourth-order valence-corrected chi connectivity index (χ4v) is 2.30. The average molecular weight is 250 g/mol. The summed E-state index contributed by atoms with van der Waals surface area (Å²) in [4.78, 5) is 7.98. The number of unbranched alkanes of at least 4 members (excludes halogenated alkanes) is 1. The smallest absolute Gasteiger partial charge is 0.138 e. The number of imidazole rings is 1. The van der Waals surface area contributed by atoms with Gasteiger partial charge in [-0.1, -0.05) is 49.7 Å². The van der Waals surface area contributed by atoms with Crippen LogP contribution in [0, 0.1) is 0 Å². The summed E-state index contributed by atoms with van der Waals surface area (Å²) < 4.78 is 0. The molecular weight excluding hydrogens is 232 g/mol. The first kappa shape index (κ1) is 12.0. The van der Waals surface area contributed by atoms with Crippen LogP contribution in [0.4, 0.5) is 0 Å². The van der Waals surface area contributed by atoms with Crippen molar-refractivity contribution in [2.45, 2.75) is 26.2 Å². The predicted octanol–water partition coefficient (Wildman–Crippen LogP) is 4.57. The molecule has 0 aliphatic rings. The van der Waals surface area contributed by atoms with E-state index in [0.717, 1.165) is 28.8 Å². The Bertz CT molecular complexity index is 632. The second kappa shape index (κ2) is 5.27. The lowest BCUT2D eigenvalue weighted by molar-refractivity contribution is 0.795. The Morgan fingerprint density at radius 3 is 2.53 bits per heavy atom. The Hall–Kier alpha value is -2.09. The molecule has 2 aromatic carbocycles. The summed E-state index contributed by atoms with van der Waals surface area (Å²) >= 11 is 0. The summed E-state index contributed by atoms with van der Waals surface area (Å²) in [5, 5.41) is 0. The van der Waals surface area contributed by atoms with E-state index in [2.05, 4.69) is 47.2 Å². The van der Waals surface area contributed by atoms with Crippen LogP contribution < -0.4 is 0 Å². The first-order chi connectivity index (χ1) is 9.36. The summed E-state index contributed by atoms with van der Waals surface area (Å²) in [6.07, 6.45) is 3.66. The topological polar surface area (TPSA) is 28.7 Å². The quantitative estimate of drug-likeness (QED) is 0.721. The van der Waals surface area contributed by atoms with E-state index >= 15 is 0 Å². The average Bonchev–Trinajstić information content (AvgIpc) is 2.89. The second-order valence-corrected chi connectivity index (χ2v) is 4.90. The largest absolute Gasteiger partial charge is 0.338 e. The van der Waals surface area contributed by atoms with Crippen LogP contribution in [0.3, 0.4) is 0 Å². The summed E-state index contributed by atoms with van der Waals surface area (Å²) in [6.45, 7) is 2.22. The maximum atomic E-state index is 4.62. The number of aromatic nitrogens is 2. The van der Waals surface area contributed by atoms with Gasteiger partial charge in [0.2, 0.25) is 0 Å². The third kappa shape index (κ3) is 2.53. The normalized spacial score (nSPS) is 11.0. The van der Waals surface area contributed by atoms with Crippen molar-refractivity contribution in [1.29, 1.82) is 0 Å². The molecule has 0 aliphatic carbocycles. The van der Waals surface area contributed by atoms with Crippen molar-refractivity contribution in [3.8, 4) is 11.4 Å². The van der Waals surface area contributed by atoms with Crippen molar-refractivity contribution < 1.29 is 0 Å². The molecule has 0 saturated carbocycles. The molecule has 0 atom stereocenters. The van der Waals surface area contributed by atoms with E-state index < -0.39 is 0 Å². The molecule has 0 spiro atoms. The zero-order valence-corrected chi connectivity index (χ0v) is 11.2. The van der Waals surface area contributed by atoms with Crippen LogP contribution in [0.2, 0.25) is 0 Å². The molecule has 3 aromatic rings. The van der Waals surface area contributed by atoms with Gasteiger partial charge in [0.1, 0.15) is 5.82 Å². The minimum absolute atomic E-state index is 0.947. The Morgan fingerprint density at radius 2 is 1.79 bits per heavy atom. The lowest BCUT2D eigenvalue weighted by atomic mass is 10.1. The van der Waals surface area contributed by atoms with Gasteiger partial charge in [-0.2, -0.15) is 0 Å². The van der Waals surface area contributed by atoms with E-state index in [0.29, 0.717) is 0 Å². The van der Waals surface area contributed by atoms with Gasteiger partial charge in [0, 0.05) is 5.56 Å². The first-order valence-corrected chi connectivity index (χ1v) is 6.91. The molecule has 3 rings (SSSR count). The summed E-state index contributed by atoms with van der Waals surface area (Å²) in [7, 11) is 0. The second-order valence-electron chi connectivity index (χ2n) is 4.90. The van der Waals surface area contributed by atoms with Gasteiger partial charge in [0.25, 0.3) is 0 Å².